The van der Waals surface area contributed by atoms with Gasteiger partial charge in [-0.3, -0.25) is 20.2 Å². The Hall–Kier alpha value is -3.38. The van der Waals surface area contributed by atoms with E-state index in [4.69, 9.17) is 0 Å². The molecule has 0 saturated carbocycles. The first-order chi connectivity index (χ1) is 12.5. The molecule has 0 radical (unpaired) electrons. The third-order valence-corrected chi connectivity index (χ3v) is 5.39. The molecule has 4 rings (SSSR count). The van der Waals surface area contributed by atoms with E-state index in [2.05, 4.69) is 19.9 Å². The largest absolute Gasteiger partial charge is 0.297 e. The fraction of sp³-hybridized carbons (Fsp3) is 0. The first kappa shape index (κ1) is 16.1. The Labute approximate surface area is 152 Å². The Morgan fingerprint density at radius 1 is 0.769 bits per heavy atom. The molecule has 4 heterocycles. The molecule has 4 aromatic rings. The summed E-state index contributed by atoms with van der Waals surface area (Å²) >= 11 is 2.27. The summed E-state index contributed by atoms with van der Waals surface area (Å²) < 4.78 is 0. The lowest BCUT2D eigenvalue weighted by atomic mass is 10.3. The van der Waals surface area contributed by atoms with Crippen LogP contribution >= 0.6 is 22.7 Å². The summed E-state index contributed by atoms with van der Waals surface area (Å²) in [5.74, 6) is 0. The minimum Gasteiger partial charge on any atom is -0.258 e. The topological polar surface area (TPSA) is 138 Å². The number of fused-ring (bicyclic) bond motifs is 1. The van der Waals surface area contributed by atoms with Gasteiger partial charge in [-0.1, -0.05) is 22.7 Å². The van der Waals surface area contributed by atoms with E-state index in [1.807, 2.05) is 0 Å². The van der Waals surface area contributed by atoms with E-state index in [1.54, 1.807) is 0 Å². The van der Waals surface area contributed by atoms with Crippen molar-refractivity contribution in [2.75, 3.05) is 0 Å². The number of hydrogen-bond donors (Lipinski definition) is 0. The standard InChI is InChI=1S/C14H6N6O4S2/c21-19(22)7-3-1-5-15-9(7)11-17-13-14(25-11)18-12(26-13)10-8(20(23)24)4-2-6-16-10/h1-6H. The Kier molecular flexibility index (Phi) is 3.82. The molecule has 0 unspecified atom stereocenters. The number of rotatable bonds is 4. The Bertz CT molecular complexity index is 1050. The van der Waals surface area contributed by atoms with Gasteiger partial charge in [0.05, 0.1) is 9.85 Å². The van der Waals surface area contributed by atoms with Crippen LogP contribution in [0, 0.1) is 20.2 Å². The summed E-state index contributed by atoms with van der Waals surface area (Å²) in [4.78, 5) is 39.1. The van der Waals surface area contributed by atoms with Crippen LogP contribution < -0.4 is 0 Å². The molecule has 0 fully saturated rings. The molecule has 4 aromatic heterocycles. The zero-order valence-electron chi connectivity index (χ0n) is 12.6. The van der Waals surface area contributed by atoms with E-state index in [-0.39, 0.29) is 22.8 Å². The van der Waals surface area contributed by atoms with Crippen LogP contribution in [0.15, 0.2) is 36.7 Å². The average Bonchev–Trinajstić information content (AvgIpc) is 3.20. The second-order valence-electron chi connectivity index (χ2n) is 4.90. The van der Waals surface area contributed by atoms with Gasteiger partial charge in [0.1, 0.15) is 0 Å². The third kappa shape index (κ3) is 2.66. The van der Waals surface area contributed by atoms with Crippen molar-refractivity contribution in [1.82, 2.24) is 19.9 Å². The lowest BCUT2D eigenvalue weighted by Crippen LogP contribution is -1.94. The van der Waals surface area contributed by atoms with Crippen molar-refractivity contribution >= 4 is 43.7 Å². The van der Waals surface area contributed by atoms with Gasteiger partial charge in [0.2, 0.25) is 0 Å². The summed E-state index contributed by atoms with van der Waals surface area (Å²) in [7, 11) is 0. The third-order valence-electron chi connectivity index (χ3n) is 3.35. The molecule has 0 bridgehead atoms. The van der Waals surface area contributed by atoms with E-state index in [1.165, 1.54) is 36.7 Å². The van der Waals surface area contributed by atoms with Crippen LogP contribution in [0.5, 0.6) is 0 Å². The second-order valence-corrected chi connectivity index (χ2v) is 6.86. The van der Waals surface area contributed by atoms with Gasteiger partial charge in [-0.25, -0.2) is 19.9 Å². The molecule has 12 heteroatoms. The summed E-state index contributed by atoms with van der Waals surface area (Å²) in [6.07, 6.45) is 2.90. The van der Waals surface area contributed by atoms with E-state index in [0.29, 0.717) is 19.7 Å². The normalized spacial score (nSPS) is 10.9. The summed E-state index contributed by atoms with van der Waals surface area (Å²) in [6.45, 7) is 0. The van der Waals surface area contributed by atoms with Crippen LogP contribution in [-0.2, 0) is 0 Å². The van der Waals surface area contributed by atoms with Crippen LogP contribution in [0.1, 0.15) is 0 Å². The molecular formula is C14H6N6O4S2. The molecule has 0 spiro atoms. The Balaban J connectivity index is 1.81. The Morgan fingerprint density at radius 3 is 1.58 bits per heavy atom. The lowest BCUT2D eigenvalue weighted by molar-refractivity contribution is -0.384. The minimum atomic E-state index is -0.520. The minimum absolute atomic E-state index is 0.144. The SMILES string of the molecule is O=[N+]([O-])c1cccnc1-c1nc2sc(-c3ncccc3[N+](=O)[O-])nc2s1. The van der Waals surface area contributed by atoms with E-state index in [9.17, 15) is 20.2 Å². The molecule has 0 aliphatic carbocycles. The predicted molar refractivity (Wildman–Crippen MR) is 95.1 cm³/mol. The van der Waals surface area contributed by atoms with Crippen molar-refractivity contribution in [3.8, 4) is 21.4 Å². The molecule has 26 heavy (non-hydrogen) atoms. The van der Waals surface area contributed by atoms with Crippen molar-refractivity contribution in [3.63, 3.8) is 0 Å². The first-order valence-electron chi connectivity index (χ1n) is 7.01. The quantitative estimate of drug-likeness (QED) is 0.382. The predicted octanol–water partition coefficient (Wildman–Crippen LogP) is 3.69. The maximum absolute atomic E-state index is 11.1. The van der Waals surface area contributed by atoms with Gasteiger partial charge in [0, 0.05) is 24.5 Å². The summed E-state index contributed by atoms with van der Waals surface area (Å²) in [5.41, 5.74) is 0.0418. The smallest absolute Gasteiger partial charge is 0.258 e. The highest BCUT2D eigenvalue weighted by Gasteiger charge is 2.24. The number of thiazole rings is 2. The van der Waals surface area contributed by atoms with Crippen molar-refractivity contribution in [2.45, 2.75) is 0 Å². The van der Waals surface area contributed by atoms with Crippen molar-refractivity contribution < 1.29 is 9.85 Å². The van der Waals surface area contributed by atoms with Gasteiger partial charge in [-0.2, -0.15) is 0 Å². The maximum atomic E-state index is 11.1. The highest BCUT2D eigenvalue weighted by molar-refractivity contribution is 7.29. The lowest BCUT2D eigenvalue weighted by Gasteiger charge is -1.97. The Morgan fingerprint density at radius 2 is 1.19 bits per heavy atom. The van der Waals surface area contributed by atoms with Crippen LogP contribution in [0.3, 0.4) is 0 Å². The number of nitrogens with zero attached hydrogens (tertiary/aromatic N) is 6. The molecule has 0 aliphatic rings. The monoisotopic (exact) mass is 386 g/mol. The molecule has 0 N–H and O–H groups in total. The molecule has 0 aromatic carbocycles. The zero-order chi connectivity index (χ0) is 18.3. The average molecular weight is 386 g/mol. The van der Waals surface area contributed by atoms with Crippen LogP contribution in [0.2, 0.25) is 0 Å². The van der Waals surface area contributed by atoms with Gasteiger partial charge >= 0.3 is 0 Å². The highest BCUT2D eigenvalue weighted by atomic mass is 32.1. The molecule has 0 saturated heterocycles. The van der Waals surface area contributed by atoms with Gasteiger partial charge in [0.25, 0.3) is 11.4 Å². The fourth-order valence-corrected chi connectivity index (χ4v) is 4.32. The van der Waals surface area contributed by atoms with Gasteiger partial charge in [-0.15, -0.1) is 0 Å². The number of aromatic nitrogens is 4. The highest BCUT2D eigenvalue weighted by Crippen LogP contribution is 2.39. The maximum Gasteiger partial charge on any atom is 0.297 e. The zero-order valence-corrected chi connectivity index (χ0v) is 14.2. The molecule has 128 valence electrons. The van der Waals surface area contributed by atoms with Gasteiger partial charge < -0.3 is 0 Å². The number of nitro groups is 2. The van der Waals surface area contributed by atoms with E-state index < -0.39 is 9.85 Å². The molecule has 0 atom stereocenters. The first-order valence-corrected chi connectivity index (χ1v) is 8.65. The van der Waals surface area contributed by atoms with Crippen LogP contribution in [0.25, 0.3) is 31.1 Å². The second kappa shape index (κ2) is 6.16. The van der Waals surface area contributed by atoms with Gasteiger partial charge in [-0.05, 0) is 12.1 Å². The number of pyridine rings is 2. The van der Waals surface area contributed by atoms with Gasteiger partial charge in [0.15, 0.2) is 31.1 Å². The molecule has 10 nitrogen and oxygen atoms in total. The summed E-state index contributed by atoms with van der Waals surface area (Å²) in [5, 5.41) is 23.0. The summed E-state index contributed by atoms with van der Waals surface area (Å²) in [6, 6.07) is 5.67. The molecule has 0 aliphatic heterocycles. The van der Waals surface area contributed by atoms with Crippen molar-refractivity contribution in [3.05, 3.63) is 56.9 Å². The molecular weight excluding hydrogens is 380 g/mol. The van der Waals surface area contributed by atoms with Crippen molar-refractivity contribution in [2.24, 2.45) is 0 Å². The van der Waals surface area contributed by atoms with E-state index in [0.717, 1.165) is 22.7 Å². The van der Waals surface area contributed by atoms with Crippen molar-refractivity contribution in [1.29, 1.82) is 0 Å². The molecule has 0 amide bonds. The fourth-order valence-electron chi connectivity index (χ4n) is 2.26. The van der Waals surface area contributed by atoms with Crippen LogP contribution in [-0.4, -0.2) is 29.8 Å². The van der Waals surface area contributed by atoms with E-state index >= 15 is 0 Å². The number of hydrogen-bond acceptors (Lipinski definition) is 10. The van der Waals surface area contributed by atoms with Crippen LogP contribution in [0.4, 0.5) is 11.4 Å².